The van der Waals surface area contributed by atoms with Gasteiger partial charge in [-0.05, 0) is 59.9 Å². The zero-order valence-corrected chi connectivity index (χ0v) is 19.8. The van der Waals surface area contributed by atoms with Crippen molar-refractivity contribution in [2.45, 2.75) is 31.7 Å². The summed E-state index contributed by atoms with van der Waals surface area (Å²) in [5.41, 5.74) is 5.00. The Balaban J connectivity index is 1.68. The molecule has 34 heavy (non-hydrogen) atoms. The van der Waals surface area contributed by atoms with Gasteiger partial charge in [-0.15, -0.1) is 0 Å². The molecule has 0 fully saturated rings. The molecule has 3 aromatic carbocycles. The van der Waals surface area contributed by atoms with Gasteiger partial charge in [0.15, 0.2) is 5.78 Å². The van der Waals surface area contributed by atoms with Crippen LogP contribution in [0.1, 0.15) is 42.9 Å². The molecule has 3 aromatic rings. The molecule has 2 aliphatic rings. The molecule has 172 valence electrons. The molecule has 0 radical (unpaired) electrons. The van der Waals surface area contributed by atoms with E-state index in [0.29, 0.717) is 23.4 Å². The molecule has 1 aliphatic carbocycles. The molecular formula is C28H25ClN2O3. The molecule has 2 unspecified atom stereocenters. The van der Waals surface area contributed by atoms with E-state index in [1.807, 2.05) is 72.8 Å². The molecule has 0 spiro atoms. The van der Waals surface area contributed by atoms with Crippen LogP contribution >= 0.6 is 11.6 Å². The predicted octanol–water partition coefficient (Wildman–Crippen LogP) is 6.27. The fraction of sp³-hybridized carbons (Fsp3) is 0.214. The molecule has 5 nitrogen and oxygen atoms in total. The molecule has 1 aliphatic heterocycles. The van der Waals surface area contributed by atoms with Crippen molar-refractivity contribution >= 4 is 34.7 Å². The lowest BCUT2D eigenvalue weighted by atomic mass is 9.78. The van der Waals surface area contributed by atoms with E-state index < -0.39 is 6.04 Å². The number of carbonyl (C=O) groups excluding carboxylic acids is 2. The van der Waals surface area contributed by atoms with Crippen LogP contribution < -0.4 is 15.0 Å². The number of allylic oxidation sites excluding steroid dienone is 1. The number of carbonyl (C=O) groups is 2. The lowest BCUT2D eigenvalue weighted by molar-refractivity contribution is -0.117. The Morgan fingerprint density at radius 3 is 2.32 bits per heavy atom. The number of benzene rings is 3. The largest absolute Gasteiger partial charge is 0.497 e. The maximum atomic E-state index is 13.8. The highest BCUT2D eigenvalue weighted by molar-refractivity contribution is 6.30. The maximum absolute atomic E-state index is 13.8. The molecule has 0 aromatic heterocycles. The number of ketones is 1. The van der Waals surface area contributed by atoms with Crippen molar-refractivity contribution in [2.75, 3.05) is 17.3 Å². The second kappa shape index (κ2) is 8.99. The van der Waals surface area contributed by atoms with E-state index in [1.54, 1.807) is 18.9 Å². The SMILES string of the molecule is COc1ccc(C2C3=C(CC(c4ccc(Cl)cc4)CC3=O)Nc3ccccc3N2C(C)=O)cc1. The smallest absolute Gasteiger partial charge is 0.224 e. The third kappa shape index (κ3) is 3.97. The van der Waals surface area contributed by atoms with Gasteiger partial charge in [0.2, 0.25) is 5.91 Å². The van der Waals surface area contributed by atoms with E-state index in [-0.39, 0.29) is 17.6 Å². The summed E-state index contributed by atoms with van der Waals surface area (Å²) in [5.74, 6) is 0.658. The van der Waals surface area contributed by atoms with E-state index in [9.17, 15) is 9.59 Å². The van der Waals surface area contributed by atoms with Crippen LogP contribution in [-0.4, -0.2) is 18.8 Å². The van der Waals surface area contributed by atoms with E-state index in [4.69, 9.17) is 16.3 Å². The Morgan fingerprint density at radius 1 is 0.971 bits per heavy atom. The summed E-state index contributed by atoms with van der Waals surface area (Å²) in [4.78, 5) is 28.5. The van der Waals surface area contributed by atoms with Gasteiger partial charge in [0.1, 0.15) is 5.75 Å². The summed E-state index contributed by atoms with van der Waals surface area (Å²) in [6, 6.07) is 22.4. The number of para-hydroxylation sites is 2. The van der Waals surface area contributed by atoms with E-state index in [1.165, 1.54) is 0 Å². The topological polar surface area (TPSA) is 58.6 Å². The van der Waals surface area contributed by atoms with Gasteiger partial charge in [-0.3, -0.25) is 14.5 Å². The molecule has 0 saturated heterocycles. The van der Waals surface area contributed by atoms with Gasteiger partial charge < -0.3 is 10.1 Å². The number of amides is 1. The maximum Gasteiger partial charge on any atom is 0.224 e. The Hall–Kier alpha value is -3.57. The number of nitrogens with zero attached hydrogens (tertiary/aromatic N) is 1. The molecule has 2 atom stereocenters. The van der Waals surface area contributed by atoms with Gasteiger partial charge >= 0.3 is 0 Å². The second-order valence-corrected chi connectivity index (χ2v) is 9.12. The number of ether oxygens (including phenoxy) is 1. The van der Waals surface area contributed by atoms with Crippen molar-refractivity contribution in [3.05, 3.63) is 100 Å². The number of hydrogen-bond donors (Lipinski definition) is 1. The fourth-order valence-electron chi connectivity index (χ4n) is 5.01. The monoisotopic (exact) mass is 472 g/mol. The Kier molecular flexibility index (Phi) is 5.88. The molecule has 1 amide bonds. The zero-order chi connectivity index (χ0) is 23.8. The van der Waals surface area contributed by atoms with Crippen molar-refractivity contribution in [1.29, 1.82) is 0 Å². The quantitative estimate of drug-likeness (QED) is 0.488. The average molecular weight is 473 g/mol. The first-order valence-corrected chi connectivity index (χ1v) is 11.7. The number of nitrogens with one attached hydrogen (secondary N) is 1. The summed E-state index contributed by atoms with van der Waals surface area (Å²) < 4.78 is 5.33. The minimum atomic E-state index is -0.534. The number of methoxy groups -OCH3 is 1. The highest BCUT2D eigenvalue weighted by Gasteiger charge is 2.40. The van der Waals surface area contributed by atoms with Crippen LogP contribution in [0.2, 0.25) is 5.02 Å². The third-order valence-corrected chi connectivity index (χ3v) is 6.85. The molecule has 5 rings (SSSR count). The van der Waals surface area contributed by atoms with Gasteiger partial charge in [-0.1, -0.05) is 48.0 Å². The van der Waals surface area contributed by atoms with Crippen molar-refractivity contribution < 1.29 is 14.3 Å². The third-order valence-electron chi connectivity index (χ3n) is 6.60. The summed E-state index contributed by atoms with van der Waals surface area (Å²) >= 11 is 6.09. The summed E-state index contributed by atoms with van der Waals surface area (Å²) in [5, 5.41) is 4.19. The second-order valence-electron chi connectivity index (χ2n) is 8.68. The Morgan fingerprint density at radius 2 is 1.65 bits per heavy atom. The number of hydrogen-bond acceptors (Lipinski definition) is 4. The van der Waals surface area contributed by atoms with Crippen LogP contribution in [0.15, 0.2) is 84.1 Å². The van der Waals surface area contributed by atoms with Crippen LogP contribution in [0, 0.1) is 0 Å². The first-order valence-electron chi connectivity index (χ1n) is 11.3. The van der Waals surface area contributed by atoms with Crippen LogP contribution in [-0.2, 0) is 9.59 Å². The van der Waals surface area contributed by atoms with Crippen molar-refractivity contribution in [2.24, 2.45) is 0 Å². The highest BCUT2D eigenvalue weighted by atomic mass is 35.5. The summed E-state index contributed by atoms with van der Waals surface area (Å²) in [6.45, 7) is 1.54. The minimum Gasteiger partial charge on any atom is -0.497 e. The summed E-state index contributed by atoms with van der Waals surface area (Å²) in [6.07, 6.45) is 1.03. The molecular weight excluding hydrogens is 448 g/mol. The molecule has 1 N–H and O–H groups in total. The Bertz CT molecular complexity index is 1280. The van der Waals surface area contributed by atoms with Crippen LogP contribution in [0.25, 0.3) is 0 Å². The molecule has 6 heteroatoms. The molecule has 0 saturated carbocycles. The molecule has 0 bridgehead atoms. The number of rotatable bonds is 3. The van der Waals surface area contributed by atoms with Gasteiger partial charge in [-0.25, -0.2) is 0 Å². The fourth-order valence-corrected chi connectivity index (χ4v) is 5.14. The highest BCUT2D eigenvalue weighted by Crippen LogP contribution is 2.47. The van der Waals surface area contributed by atoms with Crippen molar-refractivity contribution in [1.82, 2.24) is 0 Å². The predicted molar refractivity (Wildman–Crippen MR) is 134 cm³/mol. The van der Waals surface area contributed by atoms with E-state index in [0.717, 1.165) is 33.9 Å². The standard InChI is InChI=1S/C28H25ClN2O3/c1-17(32)31-25-6-4-3-5-23(25)30-24-15-20(18-7-11-21(29)12-8-18)16-26(33)27(24)28(31)19-9-13-22(34-2)14-10-19/h3-14,20,28,30H,15-16H2,1-2H3. The van der Waals surface area contributed by atoms with Gasteiger partial charge in [0.05, 0.1) is 24.5 Å². The average Bonchev–Trinajstić information content (AvgIpc) is 2.99. The van der Waals surface area contributed by atoms with Crippen molar-refractivity contribution in [3.63, 3.8) is 0 Å². The normalized spacial score (nSPS) is 19.6. The molecule has 1 heterocycles. The summed E-state index contributed by atoms with van der Waals surface area (Å²) in [7, 11) is 1.62. The number of Topliss-reactive ketones (excluding diaryl/α,β-unsaturated/α-hetero) is 1. The van der Waals surface area contributed by atoms with Crippen LogP contribution in [0.3, 0.4) is 0 Å². The van der Waals surface area contributed by atoms with Crippen LogP contribution in [0.4, 0.5) is 11.4 Å². The first kappa shape index (κ1) is 22.2. The van der Waals surface area contributed by atoms with E-state index >= 15 is 0 Å². The van der Waals surface area contributed by atoms with Gasteiger partial charge in [0, 0.05) is 29.6 Å². The minimum absolute atomic E-state index is 0.0311. The van der Waals surface area contributed by atoms with Crippen LogP contribution in [0.5, 0.6) is 5.75 Å². The lowest BCUT2D eigenvalue weighted by Crippen LogP contribution is -2.37. The van der Waals surface area contributed by atoms with Gasteiger partial charge in [0.25, 0.3) is 0 Å². The zero-order valence-electron chi connectivity index (χ0n) is 19.0. The number of anilines is 2. The Labute approximate surface area is 204 Å². The lowest BCUT2D eigenvalue weighted by Gasteiger charge is -2.34. The number of halogens is 1. The number of fused-ring (bicyclic) bond motifs is 1. The van der Waals surface area contributed by atoms with E-state index in [2.05, 4.69) is 5.32 Å². The van der Waals surface area contributed by atoms with Gasteiger partial charge in [-0.2, -0.15) is 0 Å². The van der Waals surface area contributed by atoms with Crippen molar-refractivity contribution in [3.8, 4) is 5.75 Å². The first-order chi connectivity index (χ1) is 16.5.